The average molecular weight is 349 g/mol. The fraction of sp³-hybridized carbons (Fsp3) is 0.353. The first-order chi connectivity index (χ1) is 11.6. The summed E-state index contributed by atoms with van der Waals surface area (Å²) in [4.78, 5) is 4.17. The maximum atomic E-state index is 12.1. The molecular weight excluding hydrogens is 326 g/mol. The fourth-order valence-electron chi connectivity index (χ4n) is 2.18. The van der Waals surface area contributed by atoms with Gasteiger partial charge in [-0.05, 0) is 30.5 Å². The molecule has 0 radical (unpaired) electrons. The van der Waals surface area contributed by atoms with Crippen LogP contribution in [-0.2, 0) is 21.2 Å². The van der Waals surface area contributed by atoms with Gasteiger partial charge < -0.3 is 10.1 Å². The van der Waals surface area contributed by atoms with E-state index in [1.165, 1.54) is 6.20 Å². The molecule has 0 aliphatic heterocycles. The molecule has 2 aromatic rings. The van der Waals surface area contributed by atoms with Gasteiger partial charge in [0.2, 0.25) is 10.0 Å². The van der Waals surface area contributed by atoms with Crippen molar-refractivity contribution in [1.82, 2.24) is 4.98 Å². The Morgan fingerprint density at radius 3 is 2.58 bits per heavy atom. The largest absolute Gasteiger partial charge is 0.383 e. The summed E-state index contributed by atoms with van der Waals surface area (Å²) in [6.45, 7) is 1.23. The minimum atomic E-state index is -3.37. The predicted octanol–water partition coefficient (Wildman–Crippen LogP) is 2.51. The highest BCUT2D eigenvalue weighted by Gasteiger charge is 2.10. The lowest BCUT2D eigenvalue weighted by atomic mass is 10.1. The maximum Gasteiger partial charge on any atom is 0.232 e. The summed E-state index contributed by atoms with van der Waals surface area (Å²) >= 11 is 0. The third-order valence-electron chi connectivity index (χ3n) is 3.37. The maximum absolute atomic E-state index is 12.1. The Bertz CT molecular complexity index is 704. The molecule has 1 aromatic carbocycles. The van der Waals surface area contributed by atoms with E-state index in [0.29, 0.717) is 31.1 Å². The van der Waals surface area contributed by atoms with Crippen LogP contribution in [0.3, 0.4) is 0 Å². The van der Waals surface area contributed by atoms with E-state index < -0.39 is 10.0 Å². The van der Waals surface area contributed by atoms with E-state index in [4.69, 9.17) is 4.74 Å². The van der Waals surface area contributed by atoms with Crippen LogP contribution in [0.4, 0.5) is 11.5 Å². The number of nitrogens with zero attached hydrogens (tertiary/aromatic N) is 1. The molecule has 1 heterocycles. The molecule has 0 bridgehead atoms. The number of pyridine rings is 1. The Labute approximate surface area is 143 Å². The van der Waals surface area contributed by atoms with Crippen LogP contribution in [0.1, 0.15) is 12.0 Å². The first-order valence-corrected chi connectivity index (χ1v) is 9.47. The second-order valence-corrected chi connectivity index (χ2v) is 7.20. The van der Waals surface area contributed by atoms with Gasteiger partial charge in [-0.2, -0.15) is 0 Å². The minimum Gasteiger partial charge on any atom is -0.383 e. The van der Waals surface area contributed by atoms with Gasteiger partial charge in [-0.15, -0.1) is 0 Å². The highest BCUT2D eigenvalue weighted by molar-refractivity contribution is 7.92. The number of ether oxygens (including phenoxy) is 1. The third kappa shape index (κ3) is 6.55. The highest BCUT2D eigenvalue weighted by atomic mass is 32.2. The lowest BCUT2D eigenvalue weighted by molar-refractivity contribution is 0.210. The summed E-state index contributed by atoms with van der Waals surface area (Å²) in [5.41, 5.74) is 1.60. The fourth-order valence-corrected chi connectivity index (χ4v) is 3.29. The number of hydrogen-bond acceptors (Lipinski definition) is 5. The Kier molecular flexibility index (Phi) is 7.02. The molecule has 0 fully saturated rings. The quantitative estimate of drug-likeness (QED) is 0.644. The van der Waals surface area contributed by atoms with Gasteiger partial charge in [-0.25, -0.2) is 13.4 Å². The molecule has 0 saturated carbocycles. The van der Waals surface area contributed by atoms with Crippen LogP contribution in [0.2, 0.25) is 0 Å². The van der Waals surface area contributed by atoms with Crippen molar-refractivity contribution in [3.05, 3.63) is 54.2 Å². The number of sulfonamides is 1. The molecule has 1 aromatic heterocycles. The van der Waals surface area contributed by atoms with Gasteiger partial charge in [0.15, 0.2) is 0 Å². The van der Waals surface area contributed by atoms with Crippen LogP contribution in [0.25, 0.3) is 0 Å². The van der Waals surface area contributed by atoms with Crippen molar-refractivity contribution in [2.45, 2.75) is 12.8 Å². The summed E-state index contributed by atoms with van der Waals surface area (Å²) in [5.74, 6) is 0.759. The molecule has 130 valence electrons. The van der Waals surface area contributed by atoms with Crippen molar-refractivity contribution in [2.24, 2.45) is 0 Å². The van der Waals surface area contributed by atoms with Crippen molar-refractivity contribution in [1.29, 1.82) is 0 Å². The standard InChI is InChI=1S/C17H23N3O3S/c1-23-12-11-18-17-10-9-16(14-19-17)20-24(21,22)13-5-8-15-6-3-2-4-7-15/h2-4,6-7,9-10,14,20H,5,8,11-13H2,1H3,(H,18,19). The van der Waals surface area contributed by atoms with Gasteiger partial charge in [0, 0.05) is 13.7 Å². The summed E-state index contributed by atoms with van der Waals surface area (Å²) in [6, 6.07) is 13.3. The van der Waals surface area contributed by atoms with E-state index >= 15 is 0 Å². The van der Waals surface area contributed by atoms with Crippen molar-refractivity contribution in [2.75, 3.05) is 36.1 Å². The highest BCUT2D eigenvalue weighted by Crippen LogP contribution is 2.12. The van der Waals surface area contributed by atoms with E-state index in [0.717, 1.165) is 12.0 Å². The number of methoxy groups -OCH3 is 1. The zero-order valence-electron chi connectivity index (χ0n) is 13.7. The number of anilines is 2. The lowest BCUT2D eigenvalue weighted by Crippen LogP contribution is -2.17. The van der Waals surface area contributed by atoms with E-state index in [9.17, 15) is 8.42 Å². The SMILES string of the molecule is COCCNc1ccc(NS(=O)(=O)CCCc2ccccc2)cn1. The van der Waals surface area contributed by atoms with Crippen molar-refractivity contribution in [3.8, 4) is 0 Å². The molecule has 0 unspecified atom stereocenters. The molecule has 2 N–H and O–H groups in total. The zero-order valence-corrected chi connectivity index (χ0v) is 14.6. The predicted molar refractivity (Wildman–Crippen MR) is 96.8 cm³/mol. The summed E-state index contributed by atoms with van der Waals surface area (Å²) in [6.07, 6.45) is 2.82. The van der Waals surface area contributed by atoms with Crippen LogP contribution in [-0.4, -0.2) is 39.4 Å². The van der Waals surface area contributed by atoms with Crippen molar-refractivity contribution in [3.63, 3.8) is 0 Å². The number of nitrogens with one attached hydrogen (secondary N) is 2. The van der Waals surface area contributed by atoms with Crippen LogP contribution < -0.4 is 10.0 Å². The first-order valence-electron chi connectivity index (χ1n) is 7.82. The van der Waals surface area contributed by atoms with Gasteiger partial charge in [-0.1, -0.05) is 30.3 Å². The second-order valence-electron chi connectivity index (χ2n) is 5.36. The third-order valence-corrected chi connectivity index (χ3v) is 4.74. The number of rotatable bonds is 10. The summed E-state index contributed by atoms with van der Waals surface area (Å²) in [7, 11) is -1.74. The molecule has 7 heteroatoms. The molecule has 6 nitrogen and oxygen atoms in total. The molecule has 2 rings (SSSR count). The van der Waals surface area contributed by atoms with Crippen molar-refractivity contribution < 1.29 is 13.2 Å². The molecular formula is C17H23N3O3S. The van der Waals surface area contributed by atoms with E-state index in [-0.39, 0.29) is 5.75 Å². The minimum absolute atomic E-state index is 0.0791. The van der Waals surface area contributed by atoms with Crippen LogP contribution in [0.15, 0.2) is 48.7 Å². The molecule has 0 aliphatic carbocycles. The monoisotopic (exact) mass is 349 g/mol. The topological polar surface area (TPSA) is 80.3 Å². The van der Waals surface area contributed by atoms with Crippen LogP contribution >= 0.6 is 0 Å². The molecule has 0 aliphatic rings. The van der Waals surface area contributed by atoms with Gasteiger partial charge in [0.25, 0.3) is 0 Å². The normalized spacial score (nSPS) is 11.2. The van der Waals surface area contributed by atoms with Gasteiger partial charge >= 0.3 is 0 Å². The average Bonchev–Trinajstić information content (AvgIpc) is 2.57. The Hall–Kier alpha value is -2.12. The number of benzene rings is 1. The number of hydrogen-bond donors (Lipinski definition) is 2. The van der Waals surface area contributed by atoms with Crippen LogP contribution in [0, 0.1) is 0 Å². The number of aryl methyl sites for hydroxylation is 1. The van der Waals surface area contributed by atoms with E-state index in [1.807, 2.05) is 30.3 Å². The molecule has 0 spiro atoms. The Morgan fingerprint density at radius 2 is 1.92 bits per heavy atom. The summed E-state index contributed by atoms with van der Waals surface area (Å²) in [5, 5.41) is 3.07. The Morgan fingerprint density at radius 1 is 1.12 bits per heavy atom. The Balaban J connectivity index is 1.80. The molecule has 0 atom stereocenters. The van der Waals surface area contributed by atoms with E-state index in [2.05, 4.69) is 15.0 Å². The molecule has 24 heavy (non-hydrogen) atoms. The van der Waals surface area contributed by atoms with Crippen molar-refractivity contribution >= 4 is 21.5 Å². The number of aromatic nitrogens is 1. The molecule has 0 saturated heterocycles. The van der Waals surface area contributed by atoms with Crippen LogP contribution in [0.5, 0.6) is 0 Å². The zero-order chi connectivity index (χ0) is 17.3. The summed E-state index contributed by atoms with van der Waals surface area (Å²) < 4.78 is 31.7. The smallest absolute Gasteiger partial charge is 0.232 e. The van der Waals surface area contributed by atoms with E-state index in [1.54, 1.807) is 19.2 Å². The van der Waals surface area contributed by atoms with Gasteiger partial charge in [0.1, 0.15) is 5.82 Å². The lowest BCUT2D eigenvalue weighted by Gasteiger charge is -2.09. The van der Waals surface area contributed by atoms with Gasteiger partial charge in [0.05, 0.1) is 24.2 Å². The van der Waals surface area contributed by atoms with Gasteiger partial charge in [-0.3, -0.25) is 4.72 Å². The second kappa shape index (κ2) is 9.24. The molecule has 0 amide bonds. The first kappa shape index (κ1) is 18.2.